The molecule has 0 bridgehead atoms. The third-order valence-corrected chi connectivity index (χ3v) is 6.09. The van der Waals surface area contributed by atoms with E-state index in [0.717, 1.165) is 0 Å². The second kappa shape index (κ2) is 7.41. The molecule has 0 fully saturated rings. The van der Waals surface area contributed by atoms with Gasteiger partial charge in [0.25, 0.3) is 14.9 Å². The van der Waals surface area contributed by atoms with Crippen LogP contribution in [0, 0.1) is 58.2 Å². The van der Waals surface area contributed by atoms with Crippen LogP contribution in [0.5, 0.6) is 0 Å². The van der Waals surface area contributed by atoms with Gasteiger partial charge in [0.05, 0.1) is 0 Å². The molecular formula is C12HF10NO3S2. The number of nitrogens with one attached hydrogen (secondary N) is 1. The number of sulfonamides is 1. The van der Waals surface area contributed by atoms with Crippen LogP contribution in [-0.4, -0.2) is 13.0 Å². The van der Waals surface area contributed by atoms with Crippen molar-refractivity contribution in [3.63, 3.8) is 0 Å². The second-order valence-electron chi connectivity index (χ2n) is 4.65. The number of rotatable bonds is 4. The first kappa shape index (κ1) is 22.3. The minimum Gasteiger partial charge on any atom is -0.592 e. The lowest BCUT2D eigenvalue weighted by molar-refractivity contribution is 0.356. The third kappa shape index (κ3) is 3.40. The van der Waals surface area contributed by atoms with Crippen LogP contribution in [0.1, 0.15) is 0 Å². The summed E-state index contributed by atoms with van der Waals surface area (Å²) in [7, 11) is -6.02. The molecule has 0 heterocycles. The molecule has 0 aliphatic carbocycles. The molecule has 0 saturated heterocycles. The number of hydrogen-bond donors (Lipinski definition) is 1. The Morgan fingerprint density at radius 1 is 0.571 bits per heavy atom. The molecule has 0 spiro atoms. The highest BCUT2D eigenvalue weighted by Gasteiger charge is 2.40. The summed E-state index contributed by atoms with van der Waals surface area (Å²) in [6.45, 7) is 0. The van der Waals surface area contributed by atoms with E-state index in [0.29, 0.717) is 4.13 Å². The Bertz CT molecular complexity index is 1030. The minimum absolute atomic E-state index is 0.573. The highest BCUT2D eigenvalue weighted by atomic mass is 32.3. The van der Waals surface area contributed by atoms with E-state index in [1.54, 1.807) is 0 Å². The molecule has 0 saturated carbocycles. The largest absolute Gasteiger partial charge is 0.592 e. The normalized spacial score (nSPS) is 13.1. The van der Waals surface area contributed by atoms with Crippen molar-refractivity contribution in [2.24, 2.45) is 0 Å². The third-order valence-electron chi connectivity index (χ3n) is 2.98. The molecule has 154 valence electrons. The predicted molar refractivity (Wildman–Crippen MR) is 69.2 cm³/mol. The van der Waals surface area contributed by atoms with Gasteiger partial charge < -0.3 is 4.55 Å². The summed E-state index contributed by atoms with van der Waals surface area (Å²) in [5.41, 5.74) is 0. The van der Waals surface area contributed by atoms with E-state index in [9.17, 15) is 56.9 Å². The Labute approximate surface area is 151 Å². The lowest BCUT2D eigenvalue weighted by atomic mass is 10.3. The van der Waals surface area contributed by atoms with E-state index < -0.39 is 89.3 Å². The highest BCUT2D eigenvalue weighted by molar-refractivity contribution is 8.04. The van der Waals surface area contributed by atoms with Gasteiger partial charge in [-0.15, -0.1) is 0 Å². The van der Waals surface area contributed by atoms with E-state index in [1.807, 2.05) is 0 Å². The Balaban J connectivity index is 2.62. The van der Waals surface area contributed by atoms with Crippen LogP contribution >= 0.6 is 0 Å². The van der Waals surface area contributed by atoms with Crippen molar-refractivity contribution in [3.8, 4) is 0 Å². The average Bonchev–Trinajstić information content (AvgIpc) is 2.61. The maximum atomic E-state index is 13.5. The van der Waals surface area contributed by atoms with E-state index in [1.165, 1.54) is 0 Å². The maximum Gasteiger partial charge on any atom is 0.286 e. The highest BCUT2D eigenvalue weighted by Crippen LogP contribution is 2.30. The van der Waals surface area contributed by atoms with Crippen LogP contribution in [-0.2, 0) is 21.4 Å². The number of hydrogen-bond acceptors (Lipinski definition) is 3. The average molecular weight is 461 g/mol. The van der Waals surface area contributed by atoms with Gasteiger partial charge in [0.1, 0.15) is 11.4 Å². The van der Waals surface area contributed by atoms with Crippen molar-refractivity contribution in [1.82, 2.24) is 4.13 Å². The van der Waals surface area contributed by atoms with Gasteiger partial charge in [-0.2, -0.15) is 8.78 Å². The summed E-state index contributed by atoms with van der Waals surface area (Å²) in [6, 6.07) is 0. The zero-order chi connectivity index (χ0) is 21.7. The molecule has 1 unspecified atom stereocenters. The van der Waals surface area contributed by atoms with Crippen LogP contribution in [0.25, 0.3) is 0 Å². The molecule has 1 atom stereocenters. The van der Waals surface area contributed by atoms with Gasteiger partial charge in [-0.3, -0.25) is 0 Å². The quantitative estimate of drug-likeness (QED) is 0.330. The van der Waals surface area contributed by atoms with Crippen molar-refractivity contribution in [2.45, 2.75) is 9.79 Å². The van der Waals surface area contributed by atoms with Gasteiger partial charge in [0, 0.05) is 0 Å². The Morgan fingerprint density at radius 2 is 0.857 bits per heavy atom. The molecule has 16 heteroatoms. The molecule has 0 aliphatic heterocycles. The molecule has 0 radical (unpaired) electrons. The molecule has 2 aromatic carbocycles. The minimum atomic E-state index is -6.02. The number of benzene rings is 2. The molecule has 4 nitrogen and oxygen atoms in total. The van der Waals surface area contributed by atoms with Crippen LogP contribution in [0.3, 0.4) is 0 Å². The maximum absolute atomic E-state index is 13.5. The van der Waals surface area contributed by atoms with Crippen molar-refractivity contribution in [3.05, 3.63) is 58.2 Å². The summed E-state index contributed by atoms with van der Waals surface area (Å²) < 4.78 is 168. The van der Waals surface area contributed by atoms with E-state index in [4.69, 9.17) is 0 Å². The van der Waals surface area contributed by atoms with Gasteiger partial charge in [-0.1, -0.05) is 0 Å². The topological polar surface area (TPSA) is 69.2 Å². The smallest absolute Gasteiger partial charge is 0.286 e. The van der Waals surface area contributed by atoms with Gasteiger partial charge >= 0.3 is 0 Å². The lowest BCUT2D eigenvalue weighted by Gasteiger charge is -2.14. The molecule has 0 amide bonds. The van der Waals surface area contributed by atoms with E-state index in [-0.39, 0.29) is 0 Å². The summed E-state index contributed by atoms with van der Waals surface area (Å²) in [5, 5.41) is 0. The van der Waals surface area contributed by atoms with E-state index in [2.05, 4.69) is 0 Å². The van der Waals surface area contributed by atoms with Crippen LogP contribution < -0.4 is 4.13 Å². The van der Waals surface area contributed by atoms with Crippen molar-refractivity contribution in [1.29, 1.82) is 0 Å². The van der Waals surface area contributed by atoms with Gasteiger partial charge in [-0.05, 0) is 4.13 Å². The monoisotopic (exact) mass is 461 g/mol. The summed E-state index contributed by atoms with van der Waals surface area (Å²) in [6.07, 6.45) is 0. The zero-order valence-electron chi connectivity index (χ0n) is 12.3. The fraction of sp³-hybridized carbons (Fsp3) is 0. The number of halogens is 10. The van der Waals surface area contributed by atoms with Gasteiger partial charge in [0.15, 0.2) is 28.2 Å². The molecule has 28 heavy (non-hydrogen) atoms. The summed E-state index contributed by atoms with van der Waals surface area (Å²) in [4.78, 5) is -4.87. The molecule has 2 aromatic rings. The predicted octanol–water partition coefficient (Wildman–Crippen LogP) is 3.08. The SMILES string of the molecule is O=S(=O)(N[S+]([O-])c1c(F)c(F)c(F)c(F)c1F)c1c(F)c(F)c(F)c(F)c1F. The van der Waals surface area contributed by atoms with Crippen molar-refractivity contribution in [2.75, 3.05) is 0 Å². The fourth-order valence-corrected chi connectivity index (χ4v) is 4.37. The van der Waals surface area contributed by atoms with E-state index >= 15 is 0 Å². The molecule has 0 aliphatic rings. The Morgan fingerprint density at radius 3 is 1.21 bits per heavy atom. The standard InChI is InChI=1S/C12HF10NO3S2/c13-1-3(15)7(19)11(8(20)4(1)16)27(24)23-28(25,26)12-9(21)5(17)2(14)6(18)10(12)22/h23H. The molecular weight excluding hydrogens is 460 g/mol. The zero-order valence-corrected chi connectivity index (χ0v) is 14.0. The summed E-state index contributed by atoms with van der Waals surface area (Å²) in [5.74, 6) is -27.6. The first-order valence-electron chi connectivity index (χ1n) is 6.21. The summed E-state index contributed by atoms with van der Waals surface area (Å²) >= 11 is -3.95. The van der Waals surface area contributed by atoms with Crippen LogP contribution in [0.4, 0.5) is 43.9 Å². The Hall–Kier alpha value is -2.04. The first-order valence-corrected chi connectivity index (χ1v) is 8.84. The van der Waals surface area contributed by atoms with Crippen molar-refractivity contribution >= 4 is 21.4 Å². The Kier molecular flexibility index (Phi) is 5.89. The fourth-order valence-electron chi connectivity index (χ4n) is 1.75. The molecule has 2 rings (SSSR count). The van der Waals surface area contributed by atoms with Crippen molar-refractivity contribution < 1.29 is 56.9 Å². The second-order valence-corrected chi connectivity index (χ2v) is 7.68. The van der Waals surface area contributed by atoms with Crippen LogP contribution in [0.2, 0.25) is 0 Å². The van der Waals surface area contributed by atoms with Gasteiger partial charge in [-0.25, -0.2) is 43.5 Å². The first-order chi connectivity index (χ1) is 12.7. The lowest BCUT2D eigenvalue weighted by Crippen LogP contribution is -2.34. The molecule has 1 N–H and O–H groups in total. The molecule has 0 aromatic heterocycles. The van der Waals surface area contributed by atoms with Gasteiger partial charge in [0.2, 0.25) is 34.9 Å². The van der Waals surface area contributed by atoms with Crippen LogP contribution in [0.15, 0.2) is 9.79 Å².